The van der Waals surface area contributed by atoms with Crippen molar-refractivity contribution in [3.05, 3.63) is 65.0 Å². The lowest BCUT2D eigenvalue weighted by atomic mass is 9.98. The van der Waals surface area contributed by atoms with Crippen LogP contribution in [-0.2, 0) is 26.2 Å². The fourth-order valence-electron chi connectivity index (χ4n) is 5.12. The van der Waals surface area contributed by atoms with Crippen LogP contribution in [0.5, 0.6) is 5.88 Å². The molecule has 6 rings (SSSR count). The number of fused-ring (bicyclic) bond motifs is 1. The van der Waals surface area contributed by atoms with E-state index in [2.05, 4.69) is 20.0 Å². The fraction of sp³-hybridized carbons (Fsp3) is 0.385. The summed E-state index contributed by atoms with van der Waals surface area (Å²) in [4.78, 5) is 11.2. The van der Waals surface area contributed by atoms with Gasteiger partial charge in [0.1, 0.15) is 12.0 Å². The third kappa shape index (κ3) is 4.11. The topological polar surface area (TPSA) is 73.9 Å². The minimum Gasteiger partial charge on any atom is -0.480 e. The van der Waals surface area contributed by atoms with Crippen molar-refractivity contribution >= 4 is 5.69 Å². The zero-order chi connectivity index (χ0) is 25.9. The Kier molecular flexibility index (Phi) is 5.46. The first-order chi connectivity index (χ1) is 17.7. The van der Waals surface area contributed by atoms with Crippen molar-refractivity contribution in [1.29, 1.82) is 0 Å². The SMILES string of the molecule is COc1ncnc(C2CC2)c1-c1nn(C)c2c1CN(c1ccc(-n3nc(C(F)(F)F)cc3C)cc1)CC2. The second-order valence-corrected chi connectivity index (χ2v) is 9.58. The minimum atomic E-state index is -4.48. The molecule has 1 aromatic carbocycles. The van der Waals surface area contributed by atoms with Crippen molar-refractivity contribution in [3.8, 4) is 22.8 Å². The van der Waals surface area contributed by atoms with Gasteiger partial charge in [0.25, 0.3) is 0 Å². The number of hydrogen-bond acceptors (Lipinski definition) is 6. The number of nitrogens with zero attached hydrogens (tertiary/aromatic N) is 7. The normalized spacial score (nSPS) is 15.7. The summed E-state index contributed by atoms with van der Waals surface area (Å²) in [7, 11) is 3.58. The van der Waals surface area contributed by atoms with Crippen LogP contribution in [0.1, 0.15) is 47.1 Å². The molecule has 0 N–H and O–H groups in total. The largest absolute Gasteiger partial charge is 0.480 e. The Balaban J connectivity index is 1.32. The molecule has 0 amide bonds. The number of halogens is 3. The average Bonchev–Trinajstić information content (AvgIpc) is 3.58. The van der Waals surface area contributed by atoms with E-state index >= 15 is 0 Å². The van der Waals surface area contributed by atoms with E-state index in [-0.39, 0.29) is 0 Å². The molecular weight excluding hydrogens is 483 g/mol. The fourth-order valence-corrected chi connectivity index (χ4v) is 5.12. The van der Waals surface area contributed by atoms with Crippen LogP contribution in [0, 0.1) is 6.92 Å². The van der Waals surface area contributed by atoms with E-state index in [1.807, 2.05) is 23.9 Å². The van der Waals surface area contributed by atoms with Crippen molar-refractivity contribution in [2.24, 2.45) is 7.05 Å². The zero-order valence-corrected chi connectivity index (χ0v) is 20.7. The molecule has 11 heteroatoms. The van der Waals surface area contributed by atoms with Crippen LogP contribution in [0.3, 0.4) is 0 Å². The Morgan fingerprint density at radius 1 is 1.03 bits per heavy atom. The standard InChI is InChI=1S/C26H26F3N7O/c1-15-12-21(26(27,28)29)32-36(15)18-8-6-17(7-9-18)35-11-10-20-19(13-35)24(33-34(20)2)22-23(16-4-5-16)30-14-31-25(22)37-3/h6-9,12,14,16H,4-5,10-11,13H2,1-3H3. The molecule has 4 aromatic rings. The predicted molar refractivity (Wildman–Crippen MR) is 131 cm³/mol. The van der Waals surface area contributed by atoms with E-state index in [0.717, 1.165) is 60.1 Å². The monoisotopic (exact) mass is 509 g/mol. The first kappa shape index (κ1) is 23.5. The van der Waals surface area contributed by atoms with E-state index < -0.39 is 11.9 Å². The molecule has 0 atom stereocenters. The van der Waals surface area contributed by atoms with Gasteiger partial charge < -0.3 is 9.64 Å². The van der Waals surface area contributed by atoms with Gasteiger partial charge in [0, 0.05) is 55.1 Å². The van der Waals surface area contributed by atoms with Gasteiger partial charge in [-0.1, -0.05) is 0 Å². The van der Waals surface area contributed by atoms with E-state index in [9.17, 15) is 13.2 Å². The summed E-state index contributed by atoms with van der Waals surface area (Å²) < 4.78 is 48.2. The Labute approximate surface area is 211 Å². The van der Waals surface area contributed by atoms with Crippen molar-refractivity contribution in [2.45, 2.75) is 44.8 Å². The quantitative estimate of drug-likeness (QED) is 0.383. The number of benzene rings is 1. The number of aromatic nitrogens is 6. The number of ether oxygens (including phenoxy) is 1. The van der Waals surface area contributed by atoms with Crippen molar-refractivity contribution in [1.82, 2.24) is 29.5 Å². The summed E-state index contributed by atoms with van der Waals surface area (Å²) in [6.07, 6.45) is 0.0806. The molecule has 1 fully saturated rings. The smallest absolute Gasteiger partial charge is 0.435 e. The van der Waals surface area contributed by atoms with Gasteiger partial charge in [0.2, 0.25) is 5.88 Å². The maximum absolute atomic E-state index is 13.1. The zero-order valence-electron chi connectivity index (χ0n) is 20.7. The van der Waals surface area contributed by atoms with Crippen LogP contribution in [0.25, 0.3) is 16.9 Å². The highest BCUT2D eigenvalue weighted by atomic mass is 19.4. The van der Waals surface area contributed by atoms with Crippen LogP contribution in [0.2, 0.25) is 0 Å². The molecule has 1 aliphatic heterocycles. The highest BCUT2D eigenvalue weighted by molar-refractivity contribution is 5.73. The molecule has 1 aliphatic carbocycles. The van der Waals surface area contributed by atoms with Gasteiger partial charge in [0.05, 0.1) is 24.1 Å². The summed E-state index contributed by atoms with van der Waals surface area (Å²) in [5.41, 5.74) is 6.08. The predicted octanol–water partition coefficient (Wildman–Crippen LogP) is 4.84. The molecule has 4 heterocycles. The summed E-state index contributed by atoms with van der Waals surface area (Å²) >= 11 is 0. The Bertz CT molecular complexity index is 1470. The first-order valence-electron chi connectivity index (χ1n) is 12.2. The second kappa shape index (κ2) is 8.60. The van der Waals surface area contributed by atoms with Gasteiger partial charge in [-0.3, -0.25) is 4.68 Å². The number of hydrogen-bond donors (Lipinski definition) is 0. The lowest BCUT2D eigenvalue weighted by Gasteiger charge is -2.30. The van der Waals surface area contributed by atoms with Crippen LogP contribution in [-0.4, -0.2) is 43.2 Å². The maximum Gasteiger partial charge on any atom is 0.435 e. The number of methoxy groups -OCH3 is 1. The van der Waals surface area contributed by atoms with E-state index in [1.165, 1.54) is 10.4 Å². The first-order valence-corrected chi connectivity index (χ1v) is 12.2. The van der Waals surface area contributed by atoms with Gasteiger partial charge in [-0.05, 0) is 50.1 Å². The second-order valence-electron chi connectivity index (χ2n) is 9.58. The van der Waals surface area contributed by atoms with Gasteiger partial charge in [0.15, 0.2) is 5.69 Å². The average molecular weight is 510 g/mol. The molecule has 0 unspecified atom stereocenters. The van der Waals surface area contributed by atoms with E-state index in [0.29, 0.717) is 29.7 Å². The lowest BCUT2D eigenvalue weighted by molar-refractivity contribution is -0.141. The molecule has 8 nitrogen and oxygen atoms in total. The molecule has 37 heavy (non-hydrogen) atoms. The van der Waals surface area contributed by atoms with Crippen LogP contribution < -0.4 is 9.64 Å². The molecule has 3 aromatic heterocycles. The minimum absolute atomic E-state index is 0.403. The number of anilines is 1. The molecule has 0 saturated heterocycles. The van der Waals surface area contributed by atoms with E-state index in [4.69, 9.17) is 9.84 Å². The van der Waals surface area contributed by atoms with Crippen molar-refractivity contribution in [2.75, 3.05) is 18.6 Å². The Hall–Kier alpha value is -3.89. The van der Waals surface area contributed by atoms with Crippen molar-refractivity contribution in [3.63, 3.8) is 0 Å². The number of alkyl halides is 3. The lowest BCUT2D eigenvalue weighted by Crippen LogP contribution is -2.31. The van der Waals surface area contributed by atoms with Gasteiger partial charge in [-0.15, -0.1) is 0 Å². The molecule has 1 saturated carbocycles. The Morgan fingerprint density at radius 2 is 1.76 bits per heavy atom. The summed E-state index contributed by atoms with van der Waals surface area (Å²) in [5.74, 6) is 0.938. The molecular formula is C26H26F3N7O. The van der Waals surface area contributed by atoms with Gasteiger partial charge >= 0.3 is 6.18 Å². The van der Waals surface area contributed by atoms with Gasteiger partial charge in [-0.2, -0.15) is 23.4 Å². The molecule has 2 aliphatic rings. The summed E-state index contributed by atoms with van der Waals surface area (Å²) in [5, 5.41) is 8.64. The van der Waals surface area contributed by atoms with Crippen molar-refractivity contribution < 1.29 is 17.9 Å². The van der Waals surface area contributed by atoms with Gasteiger partial charge in [-0.25, -0.2) is 14.6 Å². The Morgan fingerprint density at radius 3 is 2.41 bits per heavy atom. The van der Waals surface area contributed by atoms with Crippen LogP contribution >= 0.6 is 0 Å². The number of aryl methyl sites for hydroxylation is 2. The summed E-state index contributed by atoms with van der Waals surface area (Å²) in [6, 6.07) is 8.50. The third-order valence-electron chi connectivity index (χ3n) is 7.12. The molecule has 0 bridgehead atoms. The third-order valence-corrected chi connectivity index (χ3v) is 7.12. The van der Waals surface area contributed by atoms with E-state index in [1.54, 1.807) is 32.5 Å². The van der Waals surface area contributed by atoms with Crippen LogP contribution in [0.4, 0.5) is 18.9 Å². The summed E-state index contributed by atoms with van der Waals surface area (Å²) in [6.45, 7) is 3.05. The molecule has 0 radical (unpaired) electrons. The highest BCUT2D eigenvalue weighted by Crippen LogP contribution is 2.46. The molecule has 192 valence electrons. The maximum atomic E-state index is 13.1. The van der Waals surface area contributed by atoms with Crippen LogP contribution in [0.15, 0.2) is 36.7 Å². The molecule has 0 spiro atoms. The number of rotatable bonds is 5. The highest BCUT2D eigenvalue weighted by Gasteiger charge is 2.35.